The molecule has 1 N–H and O–H groups in total. The number of benzene rings is 3. The Labute approximate surface area is 266 Å². The fourth-order valence-electron chi connectivity index (χ4n) is 4.49. The largest absolute Gasteiger partial charge is 0.494 e. The average Bonchev–Trinajstić information content (AvgIpc) is 2.97. The van der Waals surface area contributed by atoms with Crippen LogP contribution in [0.4, 0.5) is 0 Å². The van der Waals surface area contributed by atoms with E-state index < -0.39 is 12.1 Å². The highest BCUT2D eigenvalue weighted by Crippen LogP contribution is 2.43. The molecule has 0 fully saturated rings. The molecule has 0 aliphatic rings. The Balaban J connectivity index is 1.94. The zero-order chi connectivity index (χ0) is 31.4. The molecule has 4 rings (SSSR count). The fraction of sp³-hybridized carbons (Fsp3) is 0.312. The Morgan fingerprint density at radius 3 is 2.37 bits per heavy atom. The van der Waals surface area contributed by atoms with Gasteiger partial charge in [-0.2, -0.15) is 9.78 Å². The lowest BCUT2D eigenvalue weighted by molar-refractivity contribution is -0.144. The van der Waals surface area contributed by atoms with E-state index in [-0.39, 0.29) is 17.2 Å². The van der Waals surface area contributed by atoms with Crippen molar-refractivity contribution in [2.24, 2.45) is 5.10 Å². The van der Waals surface area contributed by atoms with Gasteiger partial charge in [0.15, 0.2) is 23.4 Å². The summed E-state index contributed by atoms with van der Waals surface area (Å²) in [5.41, 5.74) is 3.43. The average molecular weight is 715 g/mol. The molecule has 0 radical (unpaired) electrons. The third kappa shape index (κ3) is 6.78. The Hall–Kier alpha value is -3.70. The first kappa shape index (κ1) is 32.2. The number of carboxylic acids is 1. The normalized spacial score (nSPS) is 12.2. The number of aliphatic carboxylic acids is 1. The zero-order valence-electron chi connectivity index (χ0n) is 24.8. The van der Waals surface area contributed by atoms with Crippen LogP contribution >= 0.6 is 31.9 Å². The highest BCUT2D eigenvalue weighted by Gasteiger charge is 2.23. The molecule has 0 unspecified atom stereocenters. The number of hydrogen-bond donors (Lipinski definition) is 1. The number of ether oxygens (including phenoxy) is 3. The number of aryl methyl sites for hydroxylation is 1. The molecule has 226 valence electrons. The molecule has 1 heterocycles. The maximum Gasteiger partial charge on any atom is 0.344 e. The van der Waals surface area contributed by atoms with Crippen LogP contribution in [0.5, 0.6) is 17.2 Å². The predicted octanol–water partition coefficient (Wildman–Crippen LogP) is 7.55. The number of aromatic nitrogens is 2. The Morgan fingerprint density at radius 2 is 1.72 bits per heavy atom. The van der Waals surface area contributed by atoms with Crippen molar-refractivity contribution in [1.29, 1.82) is 0 Å². The third-order valence-electron chi connectivity index (χ3n) is 6.68. The van der Waals surface area contributed by atoms with E-state index in [9.17, 15) is 14.7 Å². The van der Waals surface area contributed by atoms with Crippen LogP contribution in [0.2, 0.25) is 0 Å². The zero-order valence-corrected chi connectivity index (χ0v) is 27.9. The van der Waals surface area contributed by atoms with Crippen molar-refractivity contribution < 1.29 is 24.1 Å². The molecule has 9 nitrogen and oxygen atoms in total. The van der Waals surface area contributed by atoms with Gasteiger partial charge in [-0.25, -0.2) is 9.78 Å². The number of carbonyl (C=O) groups is 1. The van der Waals surface area contributed by atoms with Crippen molar-refractivity contribution in [3.8, 4) is 28.6 Å². The second kappa shape index (κ2) is 13.7. The molecular weight excluding hydrogens is 682 g/mol. The maximum atomic E-state index is 13.9. The summed E-state index contributed by atoms with van der Waals surface area (Å²) in [4.78, 5) is 30.2. The Bertz CT molecular complexity index is 1770. The molecule has 0 bridgehead atoms. The molecule has 0 spiro atoms. The summed E-state index contributed by atoms with van der Waals surface area (Å²) in [5, 5.41) is 14.4. The first-order valence-corrected chi connectivity index (χ1v) is 15.4. The minimum atomic E-state index is -1.11. The molecule has 0 saturated carbocycles. The van der Waals surface area contributed by atoms with E-state index >= 15 is 0 Å². The van der Waals surface area contributed by atoms with Gasteiger partial charge in [-0.15, -0.1) is 0 Å². The van der Waals surface area contributed by atoms with E-state index in [0.29, 0.717) is 50.2 Å². The summed E-state index contributed by atoms with van der Waals surface area (Å²) in [6, 6.07) is 12.8. The topological polar surface area (TPSA) is 112 Å². The van der Waals surface area contributed by atoms with Crippen molar-refractivity contribution >= 4 is 54.9 Å². The highest BCUT2D eigenvalue weighted by atomic mass is 79.9. The minimum Gasteiger partial charge on any atom is -0.494 e. The van der Waals surface area contributed by atoms with Crippen LogP contribution in [0.15, 0.2) is 61.3 Å². The van der Waals surface area contributed by atoms with E-state index in [2.05, 4.69) is 50.8 Å². The third-order valence-corrected chi connectivity index (χ3v) is 8.83. The molecular formula is C32H33Br2N3O6. The summed E-state index contributed by atoms with van der Waals surface area (Å²) in [6.45, 7) is 12.2. The van der Waals surface area contributed by atoms with E-state index in [1.54, 1.807) is 24.3 Å². The number of nitrogens with zero attached hydrogens (tertiary/aromatic N) is 3. The fourth-order valence-corrected chi connectivity index (χ4v) is 5.41. The first-order valence-electron chi connectivity index (χ1n) is 13.9. The molecule has 0 amide bonds. The molecule has 0 aliphatic heterocycles. The summed E-state index contributed by atoms with van der Waals surface area (Å²) in [7, 11) is 0. The lowest BCUT2D eigenvalue weighted by Gasteiger charge is -2.19. The van der Waals surface area contributed by atoms with Crippen molar-refractivity contribution in [2.75, 3.05) is 13.2 Å². The smallest absolute Gasteiger partial charge is 0.344 e. The lowest BCUT2D eigenvalue weighted by Crippen LogP contribution is -2.23. The molecule has 3 aromatic carbocycles. The molecule has 0 aliphatic carbocycles. The molecule has 4 aromatic rings. The van der Waals surface area contributed by atoms with Crippen LogP contribution < -0.4 is 19.8 Å². The standard InChI is InChI=1S/C32H33Br2N3O6/c1-7-41-25-13-18(5)23(15-22(25)17(3)4)30-36-24-12-10-9-11-21(24)31(38)37(30)35-16-20-14-26(42-8-2)29(28(34)27(20)33)43-19(6)32(39)40/h9-17,19H,7-8H2,1-6H3,(H,39,40)/t19-/m1/s1. The quantitative estimate of drug-likeness (QED) is 0.160. The molecule has 11 heteroatoms. The van der Waals surface area contributed by atoms with Crippen molar-refractivity contribution in [2.45, 2.75) is 53.6 Å². The lowest BCUT2D eigenvalue weighted by atomic mass is 9.96. The van der Waals surface area contributed by atoms with Gasteiger partial charge >= 0.3 is 5.97 Å². The van der Waals surface area contributed by atoms with E-state index in [4.69, 9.17) is 19.2 Å². The van der Waals surface area contributed by atoms with Gasteiger partial charge < -0.3 is 19.3 Å². The predicted molar refractivity (Wildman–Crippen MR) is 175 cm³/mol. The van der Waals surface area contributed by atoms with Gasteiger partial charge in [0.2, 0.25) is 0 Å². The van der Waals surface area contributed by atoms with Gasteiger partial charge in [-0.3, -0.25) is 4.79 Å². The molecule has 43 heavy (non-hydrogen) atoms. The van der Waals surface area contributed by atoms with Crippen LogP contribution in [0.1, 0.15) is 57.2 Å². The molecule has 1 atom stereocenters. The van der Waals surface area contributed by atoms with Gasteiger partial charge in [-0.1, -0.05) is 26.0 Å². The van der Waals surface area contributed by atoms with Crippen LogP contribution in [-0.4, -0.2) is 46.3 Å². The second-order valence-electron chi connectivity index (χ2n) is 10.1. The van der Waals surface area contributed by atoms with Crippen LogP contribution in [0.25, 0.3) is 22.3 Å². The number of hydrogen-bond acceptors (Lipinski definition) is 7. The molecule has 1 aromatic heterocycles. The minimum absolute atomic E-state index is 0.167. The summed E-state index contributed by atoms with van der Waals surface area (Å²) >= 11 is 7.07. The van der Waals surface area contributed by atoms with E-state index in [1.807, 2.05) is 39.0 Å². The SMILES string of the molecule is CCOc1cc(C)c(-c2nc3ccccc3c(=O)n2N=Cc2cc(OCC)c(O[C@H](C)C(=O)O)c(Br)c2Br)cc1C(C)C. The van der Waals surface area contributed by atoms with E-state index in [1.165, 1.54) is 17.8 Å². The summed E-state index contributed by atoms with van der Waals surface area (Å²) < 4.78 is 19.7. The Morgan fingerprint density at radius 1 is 1.05 bits per heavy atom. The summed E-state index contributed by atoms with van der Waals surface area (Å²) in [6.07, 6.45) is 0.413. The van der Waals surface area contributed by atoms with Crippen LogP contribution in [-0.2, 0) is 4.79 Å². The monoisotopic (exact) mass is 713 g/mol. The number of carboxylic acid groups (broad SMARTS) is 1. The van der Waals surface area contributed by atoms with Gasteiger partial charge in [0.1, 0.15) is 5.75 Å². The number of fused-ring (bicyclic) bond motifs is 1. The highest BCUT2D eigenvalue weighted by molar-refractivity contribution is 9.13. The summed E-state index contributed by atoms with van der Waals surface area (Å²) in [5.74, 6) is 0.793. The number of para-hydroxylation sites is 1. The number of rotatable bonds is 11. The van der Waals surface area contributed by atoms with Crippen molar-refractivity contribution in [3.05, 3.63) is 78.5 Å². The van der Waals surface area contributed by atoms with Crippen molar-refractivity contribution in [3.63, 3.8) is 0 Å². The first-order chi connectivity index (χ1) is 20.5. The maximum absolute atomic E-state index is 13.9. The van der Waals surface area contributed by atoms with Crippen LogP contribution in [0, 0.1) is 6.92 Å². The number of halogens is 2. The van der Waals surface area contributed by atoms with E-state index in [0.717, 1.165) is 22.4 Å². The van der Waals surface area contributed by atoms with Gasteiger partial charge in [0, 0.05) is 15.6 Å². The van der Waals surface area contributed by atoms with Gasteiger partial charge in [-0.05, 0) is 107 Å². The van der Waals surface area contributed by atoms with Crippen LogP contribution in [0.3, 0.4) is 0 Å². The molecule has 0 saturated heterocycles. The van der Waals surface area contributed by atoms with Crippen molar-refractivity contribution in [1.82, 2.24) is 9.66 Å². The second-order valence-corrected chi connectivity index (χ2v) is 11.6. The Kier molecular flexibility index (Phi) is 10.3. The van der Waals surface area contributed by atoms with Gasteiger partial charge in [0.05, 0.1) is 34.8 Å². The van der Waals surface area contributed by atoms with Gasteiger partial charge in [0.25, 0.3) is 5.56 Å².